The van der Waals surface area contributed by atoms with Gasteiger partial charge in [-0.2, -0.15) is 5.10 Å². The van der Waals surface area contributed by atoms with Crippen LogP contribution in [0.1, 0.15) is 26.0 Å². The predicted octanol–water partition coefficient (Wildman–Crippen LogP) is 0.153. The molecule has 1 unspecified atom stereocenters. The fourth-order valence-electron chi connectivity index (χ4n) is 0.921. The van der Waals surface area contributed by atoms with Crippen molar-refractivity contribution < 1.29 is 4.79 Å². The third kappa shape index (κ3) is 2.56. The molecule has 0 aliphatic carbocycles. The third-order valence-electron chi connectivity index (χ3n) is 2.25. The molecule has 0 aromatic carbocycles. The van der Waals surface area contributed by atoms with Gasteiger partial charge in [-0.05, 0) is 19.4 Å². The van der Waals surface area contributed by atoms with E-state index in [1.54, 1.807) is 19.2 Å². The van der Waals surface area contributed by atoms with E-state index >= 15 is 0 Å². The van der Waals surface area contributed by atoms with Gasteiger partial charge in [0.25, 0.3) is 0 Å². The Labute approximate surface area is 83.1 Å². The summed E-state index contributed by atoms with van der Waals surface area (Å²) in [5.74, 6) is -0.144. The number of rotatable bonds is 4. The van der Waals surface area contributed by atoms with Crippen LogP contribution in [0, 0.1) is 0 Å². The number of nitrogens with zero attached hydrogens (tertiary/aromatic N) is 1. The molecule has 0 spiro atoms. The average molecular weight is 196 g/mol. The summed E-state index contributed by atoms with van der Waals surface area (Å²) < 4.78 is 0. The van der Waals surface area contributed by atoms with Crippen LogP contribution < -0.4 is 11.1 Å². The van der Waals surface area contributed by atoms with Crippen molar-refractivity contribution >= 4 is 5.91 Å². The summed E-state index contributed by atoms with van der Waals surface area (Å²) in [5.41, 5.74) is 5.84. The Hall–Kier alpha value is -1.36. The van der Waals surface area contributed by atoms with Gasteiger partial charge in [0, 0.05) is 6.20 Å². The molecule has 5 heteroatoms. The molecule has 0 aliphatic rings. The van der Waals surface area contributed by atoms with E-state index < -0.39 is 5.54 Å². The maximum atomic E-state index is 11.5. The second-order valence-corrected chi connectivity index (χ2v) is 3.54. The quantitative estimate of drug-likeness (QED) is 0.641. The Balaban J connectivity index is 2.43. The van der Waals surface area contributed by atoms with Gasteiger partial charge in [-0.25, -0.2) is 0 Å². The fourth-order valence-corrected chi connectivity index (χ4v) is 0.921. The normalized spacial score (nSPS) is 14.8. The van der Waals surface area contributed by atoms with E-state index in [1.165, 1.54) is 0 Å². The van der Waals surface area contributed by atoms with Crippen molar-refractivity contribution in [3.05, 3.63) is 18.0 Å². The number of amides is 1. The van der Waals surface area contributed by atoms with Crippen LogP contribution in [0.2, 0.25) is 0 Å². The van der Waals surface area contributed by atoms with Gasteiger partial charge in [-0.1, -0.05) is 6.92 Å². The van der Waals surface area contributed by atoms with Crippen LogP contribution in [0.25, 0.3) is 0 Å². The molecular weight excluding hydrogens is 180 g/mol. The lowest BCUT2D eigenvalue weighted by atomic mass is 10.00. The molecule has 0 saturated heterocycles. The molecule has 0 radical (unpaired) electrons. The topological polar surface area (TPSA) is 83.8 Å². The number of nitrogens with two attached hydrogens (primary N) is 1. The highest BCUT2D eigenvalue weighted by atomic mass is 16.2. The van der Waals surface area contributed by atoms with Gasteiger partial charge < -0.3 is 11.1 Å². The van der Waals surface area contributed by atoms with Crippen LogP contribution in [0.4, 0.5) is 0 Å². The zero-order valence-corrected chi connectivity index (χ0v) is 8.50. The molecule has 0 saturated carbocycles. The van der Waals surface area contributed by atoms with Crippen LogP contribution in [-0.2, 0) is 11.3 Å². The Morgan fingerprint density at radius 1 is 1.79 bits per heavy atom. The first kappa shape index (κ1) is 10.7. The first-order valence-electron chi connectivity index (χ1n) is 4.61. The summed E-state index contributed by atoms with van der Waals surface area (Å²) in [6.07, 6.45) is 2.25. The molecule has 1 aromatic rings. The van der Waals surface area contributed by atoms with E-state index in [0.29, 0.717) is 13.0 Å². The molecule has 0 aliphatic heterocycles. The molecule has 78 valence electrons. The molecule has 1 rings (SSSR count). The molecule has 1 aromatic heterocycles. The Morgan fingerprint density at radius 3 is 3.00 bits per heavy atom. The van der Waals surface area contributed by atoms with Gasteiger partial charge >= 0.3 is 0 Å². The minimum Gasteiger partial charge on any atom is -0.349 e. The van der Waals surface area contributed by atoms with Crippen molar-refractivity contribution in [2.75, 3.05) is 0 Å². The van der Waals surface area contributed by atoms with Crippen molar-refractivity contribution in [3.63, 3.8) is 0 Å². The van der Waals surface area contributed by atoms with Gasteiger partial charge in [-0.3, -0.25) is 9.89 Å². The van der Waals surface area contributed by atoms with Crippen molar-refractivity contribution in [2.24, 2.45) is 5.73 Å². The molecule has 0 bridgehead atoms. The van der Waals surface area contributed by atoms with Crippen molar-refractivity contribution in [1.82, 2.24) is 15.5 Å². The van der Waals surface area contributed by atoms with Gasteiger partial charge in [0.2, 0.25) is 5.91 Å². The van der Waals surface area contributed by atoms with Crippen molar-refractivity contribution in [2.45, 2.75) is 32.4 Å². The first-order chi connectivity index (χ1) is 6.56. The van der Waals surface area contributed by atoms with Crippen LogP contribution in [-0.4, -0.2) is 21.6 Å². The van der Waals surface area contributed by atoms with Gasteiger partial charge in [0.1, 0.15) is 0 Å². The van der Waals surface area contributed by atoms with E-state index in [2.05, 4.69) is 15.5 Å². The Morgan fingerprint density at radius 2 is 2.50 bits per heavy atom. The van der Waals surface area contributed by atoms with E-state index in [4.69, 9.17) is 5.73 Å². The lowest BCUT2D eigenvalue weighted by molar-refractivity contribution is -0.126. The summed E-state index contributed by atoms with van der Waals surface area (Å²) in [4.78, 5) is 11.5. The number of carbonyl (C=O) groups excluding carboxylic acids is 1. The summed E-state index contributed by atoms with van der Waals surface area (Å²) >= 11 is 0. The maximum absolute atomic E-state index is 11.5. The highest BCUT2D eigenvalue weighted by molar-refractivity contribution is 5.85. The first-order valence-corrected chi connectivity index (χ1v) is 4.61. The number of hydrogen-bond acceptors (Lipinski definition) is 3. The van der Waals surface area contributed by atoms with Gasteiger partial charge in [0.15, 0.2) is 0 Å². The molecule has 1 heterocycles. The Bertz CT molecular complexity index is 292. The molecular formula is C9H16N4O. The maximum Gasteiger partial charge on any atom is 0.240 e. The lowest BCUT2D eigenvalue weighted by Gasteiger charge is -2.21. The molecule has 14 heavy (non-hydrogen) atoms. The molecule has 4 N–H and O–H groups in total. The van der Waals surface area contributed by atoms with E-state index in [0.717, 1.165) is 5.69 Å². The third-order valence-corrected chi connectivity index (χ3v) is 2.25. The van der Waals surface area contributed by atoms with Crippen molar-refractivity contribution in [3.8, 4) is 0 Å². The average Bonchev–Trinajstić information content (AvgIpc) is 2.66. The molecule has 5 nitrogen and oxygen atoms in total. The predicted molar refractivity (Wildman–Crippen MR) is 53.3 cm³/mol. The number of aromatic amines is 1. The number of hydrogen-bond donors (Lipinski definition) is 3. The lowest BCUT2D eigenvalue weighted by Crippen LogP contribution is -2.50. The van der Waals surface area contributed by atoms with Crippen LogP contribution in [0.5, 0.6) is 0 Å². The monoisotopic (exact) mass is 196 g/mol. The zero-order chi connectivity index (χ0) is 10.6. The number of carbonyl (C=O) groups is 1. The SMILES string of the molecule is CCC(C)(N)C(=O)NCc1ccn[nH]1. The number of nitrogens with one attached hydrogen (secondary N) is 2. The summed E-state index contributed by atoms with van der Waals surface area (Å²) in [7, 11) is 0. The second kappa shape index (κ2) is 4.23. The molecule has 1 atom stereocenters. The van der Waals surface area contributed by atoms with Crippen LogP contribution in [0.3, 0.4) is 0 Å². The summed E-state index contributed by atoms with van der Waals surface area (Å²) in [6.45, 7) is 4.04. The standard InChI is InChI=1S/C9H16N4O/c1-3-9(2,10)8(14)11-6-7-4-5-12-13-7/h4-5H,3,6,10H2,1-2H3,(H,11,14)(H,12,13). The largest absolute Gasteiger partial charge is 0.349 e. The highest BCUT2D eigenvalue weighted by Gasteiger charge is 2.25. The highest BCUT2D eigenvalue weighted by Crippen LogP contribution is 2.04. The second-order valence-electron chi connectivity index (χ2n) is 3.54. The number of H-pyrrole nitrogens is 1. The van der Waals surface area contributed by atoms with Crippen molar-refractivity contribution in [1.29, 1.82) is 0 Å². The van der Waals surface area contributed by atoms with E-state index in [9.17, 15) is 4.79 Å². The Kier molecular flexibility index (Phi) is 3.24. The van der Waals surface area contributed by atoms with Gasteiger partial charge in [0.05, 0.1) is 17.8 Å². The number of aromatic nitrogens is 2. The zero-order valence-electron chi connectivity index (χ0n) is 8.50. The summed E-state index contributed by atoms with van der Waals surface area (Å²) in [5, 5.41) is 9.27. The van der Waals surface area contributed by atoms with Crippen LogP contribution >= 0.6 is 0 Å². The van der Waals surface area contributed by atoms with Gasteiger partial charge in [-0.15, -0.1) is 0 Å². The molecule has 1 amide bonds. The van der Waals surface area contributed by atoms with Crippen LogP contribution in [0.15, 0.2) is 12.3 Å². The smallest absolute Gasteiger partial charge is 0.240 e. The minimum atomic E-state index is -0.792. The fraction of sp³-hybridized carbons (Fsp3) is 0.556. The summed E-state index contributed by atoms with van der Waals surface area (Å²) in [6, 6.07) is 1.81. The van der Waals surface area contributed by atoms with E-state index in [1.807, 2.05) is 6.92 Å². The minimum absolute atomic E-state index is 0.144. The molecule has 0 fully saturated rings. The van der Waals surface area contributed by atoms with E-state index in [-0.39, 0.29) is 5.91 Å².